The summed E-state index contributed by atoms with van der Waals surface area (Å²) >= 11 is 0. The number of hydrogen-bond donors (Lipinski definition) is 0. The molecule has 1 amide bonds. The van der Waals surface area contributed by atoms with Gasteiger partial charge in [0, 0.05) is 0 Å². The normalized spacial score (nSPS) is 16.4. The number of carbonyl (C=O) groups excluding carboxylic acids is 2. The van der Waals surface area contributed by atoms with E-state index in [1.165, 1.54) is 44.6 Å². The van der Waals surface area contributed by atoms with E-state index in [4.69, 9.17) is 7.49 Å². The second-order valence-corrected chi connectivity index (χ2v) is 7.03. The molecule has 1 unspecified atom stereocenters. The molecule has 3 nitrogen and oxygen atoms in total. The average Bonchev–Trinajstić information content (AvgIpc) is 2.60. The quantitative estimate of drug-likeness (QED) is 0.596. The van der Waals surface area contributed by atoms with Crippen molar-refractivity contribution in [2.45, 2.75) is 51.9 Å². The molecule has 1 saturated carbocycles. The molecule has 24 heavy (non-hydrogen) atoms. The second kappa shape index (κ2) is 8.41. The van der Waals surface area contributed by atoms with E-state index in [1.54, 1.807) is 17.9 Å². The van der Waals surface area contributed by atoms with Gasteiger partial charge in [0.15, 0.2) is 0 Å². The molecule has 1 aromatic rings. The van der Waals surface area contributed by atoms with Crippen molar-refractivity contribution in [3.8, 4) is 0 Å². The number of ketones is 1. The monoisotopic (exact) mass is 324 g/mol. The molecule has 4 heteroatoms. The molecule has 1 aliphatic rings. The third-order valence-electron chi connectivity index (χ3n) is 5.25. The van der Waals surface area contributed by atoms with Crippen LogP contribution < -0.4 is 0 Å². The van der Waals surface area contributed by atoms with Crippen LogP contribution in [0.4, 0.5) is 0 Å². The number of aryl methyl sites for hydroxylation is 1. The first-order chi connectivity index (χ1) is 11.4. The Balaban J connectivity index is 2.30. The Bertz CT molecular complexity index is 620. The Kier molecular flexibility index (Phi) is 6.53. The summed E-state index contributed by atoms with van der Waals surface area (Å²) in [5.41, 5.74) is 3.40. The van der Waals surface area contributed by atoms with Crippen molar-refractivity contribution in [1.82, 2.24) is 4.90 Å². The van der Waals surface area contributed by atoms with Crippen LogP contribution in [0.15, 0.2) is 18.2 Å². The van der Waals surface area contributed by atoms with Crippen LogP contribution in [0.2, 0.25) is 0 Å². The van der Waals surface area contributed by atoms with Gasteiger partial charge >= 0.3 is 146 Å². The molecule has 0 N–H and O–H groups in total. The fourth-order valence-corrected chi connectivity index (χ4v) is 3.78. The minimum atomic E-state index is -0.409. The zero-order valence-corrected chi connectivity index (χ0v) is 15.0. The molecular weight excluding hydrogens is 297 g/mol. The van der Waals surface area contributed by atoms with Crippen molar-refractivity contribution in [2.24, 2.45) is 5.92 Å². The van der Waals surface area contributed by atoms with Crippen LogP contribution in [0.25, 0.3) is 0 Å². The van der Waals surface area contributed by atoms with Gasteiger partial charge in [-0.15, -0.1) is 0 Å². The molecule has 1 aromatic carbocycles. The summed E-state index contributed by atoms with van der Waals surface area (Å²) in [5, 5.41) is 0. The van der Waals surface area contributed by atoms with E-state index in [1.807, 2.05) is 6.92 Å². The fraction of sp³-hybridized carbons (Fsp3) is 0.550. The van der Waals surface area contributed by atoms with Crippen molar-refractivity contribution in [2.75, 3.05) is 13.6 Å². The first-order valence-electron chi connectivity index (χ1n) is 8.85. The number of nitrogens with zero attached hydrogens (tertiary/aromatic N) is 1. The third-order valence-corrected chi connectivity index (χ3v) is 5.25. The van der Waals surface area contributed by atoms with Crippen molar-refractivity contribution < 1.29 is 9.59 Å². The summed E-state index contributed by atoms with van der Waals surface area (Å²) < 4.78 is 0. The van der Waals surface area contributed by atoms with E-state index in [2.05, 4.69) is 18.2 Å². The molecule has 0 spiro atoms. The van der Waals surface area contributed by atoms with Gasteiger partial charge in [-0.3, -0.25) is 0 Å². The Morgan fingerprint density at radius 1 is 1.29 bits per heavy atom. The van der Waals surface area contributed by atoms with Crippen molar-refractivity contribution in [3.63, 3.8) is 0 Å². The Morgan fingerprint density at radius 3 is 2.54 bits per heavy atom. The first-order valence-corrected chi connectivity index (χ1v) is 8.85. The second-order valence-electron chi connectivity index (χ2n) is 7.03. The van der Waals surface area contributed by atoms with Crippen LogP contribution in [-0.4, -0.2) is 43.6 Å². The summed E-state index contributed by atoms with van der Waals surface area (Å²) in [6.45, 7) is 3.96. The summed E-state index contributed by atoms with van der Waals surface area (Å²) in [5.74, 6) is 1.63. The molecule has 0 heterocycles. The maximum atomic E-state index is 12.0. The molecule has 1 atom stereocenters. The van der Waals surface area contributed by atoms with E-state index in [0.717, 1.165) is 11.1 Å². The molecule has 1 radical (unpaired) electrons. The summed E-state index contributed by atoms with van der Waals surface area (Å²) in [6, 6.07) is 6.38. The average molecular weight is 324 g/mol. The SMILES string of the molecule is [B]=Cc1cc(C(CN(C)C(=O)C(C)=O)C2CCCCC2)ccc1C. The van der Waals surface area contributed by atoms with E-state index >= 15 is 0 Å². The minimum absolute atomic E-state index is 0.248. The van der Waals surface area contributed by atoms with Gasteiger partial charge in [0.25, 0.3) is 0 Å². The topological polar surface area (TPSA) is 37.4 Å². The Labute approximate surface area is 146 Å². The number of hydrogen-bond acceptors (Lipinski definition) is 2. The summed E-state index contributed by atoms with van der Waals surface area (Å²) in [7, 11) is 7.48. The number of benzene rings is 1. The Hall–Kier alpha value is -1.71. The molecule has 2 rings (SSSR count). The van der Waals surface area contributed by atoms with Gasteiger partial charge in [-0.2, -0.15) is 0 Å². The van der Waals surface area contributed by atoms with Crippen molar-refractivity contribution in [1.29, 1.82) is 0 Å². The molecule has 0 bridgehead atoms. The maximum absolute atomic E-state index is 12.0. The molecule has 127 valence electrons. The van der Waals surface area contributed by atoms with E-state index in [0.29, 0.717) is 12.5 Å². The van der Waals surface area contributed by atoms with Crippen LogP contribution in [0.1, 0.15) is 61.6 Å². The van der Waals surface area contributed by atoms with E-state index < -0.39 is 11.7 Å². The van der Waals surface area contributed by atoms with Crippen molar-refractivity contribution in [3.05, 3.63) is 34.9 Å². The third kappa shape index (κ3) is 4.43. The number of likely N-dealkylation sites (N-methyl/N-ethyl adjacent to an activating group) is 1. The van der Waals surface area contributed by atoms with Crippen LogP contribution >= 0.6 is 0 Å². The molecule has 1 aliphatic carbocycles. The number of rotatable bonds is 6. The van der Waals surface area contributed by atoms with Gasteiger partial charge in [0.2, 0.25) is 0 Å². The predicted octanol–water partition coefficient (Wildman–Crippen LogP) is 3.03. The predicted molar refractivity (Wildman–Crippen MR) is 99.7 cm³/mol. The standard InChI is InChI=1S/C20H27BNO2/c1-14-9-10-17(11-18(14)12-21)19(16-7-5-4-6-8-16)13-22(3)20(24)15(2)23/h9-12,16,19H,4-8,13H2,1-3H3. The molecule has 0 aromatic heterocycles. The van der Waals surface area contributed by atoms with Crippen LogP contribution in [0.5, 0.6) is 0 Å². The molecule has 0 saturated heterocycles. The molecule has 1 fully saturated rings. The summed E-state index contributed by atoms with van der Waals surface area (Å²) in [6.07, 6.45) is 6.15. The zero-order chi connectivity index (χ0) is 17.7. The van der Waals surface area contributed by atoms with E-state index in [9.17, 15) is 9.59 Å². The van der Waals surface area contributed by atoms with Gasteiger partial charge in [0.1, 0.15) is 0 Å². The summed E-state index contributed by atoms with van der Waals surface area (Å²) in [4.78, 5) is 25.0. The Morgan fingerprint density at radius 2 is 1.96 bits per heavy atom. The molecule has 0 aliphatic heterocycles. The van der Waals surface area contributed by atoms with Crippen molar-refractivity contribution >= 4 is 25.1 Å². The van der Waals surface area contributed by atoms with Gasteiger partial charge in [-0.05, 0) is 0 Å². The zero-order valence-electron chi connectivity index (χ0n) is 15.0. The van der Waals surface area contributed by atoms with Crippen LogP contribution in [-0.2, 0) is 9.59 Å². The fourth-order valence-electron chi connectivity index (χ4n) is 3.78. The first kappa shape index (κ1) is 18.6. The van der Waals surface area contributed by atoms with Gasteiger partial charge in [0.05, 0.1) is 0 Å². The van der Waals surface area contributed by atoms with Gasteiger partial charge < -0.3 is 0 Å². The molecular formula is C20H27BNO2. The number of Topliss-reactive ketones (excluding diaryl/α,β-unsaturated/α-hetero) is 1. The van der Waals surface area contributed by atoms with E-state index in [-0.39, 0.29) is 5.92 Å². The van der Waals surface area contributed by atoms with Crippen LogP contribution in [0.3, 0.4) is 0 Å². The number of amides is 1. The van der Waals surface area contributed by atoms with Gasteiger partial charge in [-0.25, -0.2) is 0 Å². The number of carbonyl (C=O) groups is 2. The van der Waals surface area contributed by atoms with Gasteiger partial charge in [-0.1, -0.05) is 0 Å². The van der Waals surface area contributed by atoms with Crippen LogP contribution in [0, 0.1) is 12.8 Å².